The fraction of sp³-hybridized carbons (Fsp3) is 0.0435. The van der Waals surface area contributed by atoms with Gasteiger partial charge in [-0.15, -0.1) is 0 Å². The van der Waals surface area contributed by atoms with E-state index >= 15 is 0 Å². The molecule has 2 aromatic heterocycles. The van der Waals surface area contributed by atoms with Gasteiger partial charge in [0.25, 0.3) is 5.91 Å². The number of carbonyl (C=O) groups excluding carboxylic acids is 2. The predicted molar refractivity (Wildman–Crippen MR) is 117 cm³/mol. The third-order valence-corrected chi connectivity index (χ3v) is 4.44. The summed E-state index contributed by atoms with van der Waals surface area (Å²) in [6.07, 6.45) is 6.71. The van der Waals surface area contributed by atoms with E-state index in [-0.39, 0.29) is 18.4 Å². The number of anilines is 3. The molecule has 0 spiro atoms. The van der Waals surface area contributed by atoms with E-state index in [0.29, 0.717) is 22.6 Å². The second kappa shape index (κ2) is 8.83. The number of carbonyl (C=O) groups is 2. The molecule has 0 aliphatic heterocycles. The van der Waals surface area contributed by atoms with Gasteiger partial charge in [-0.1, -0.05) is 12.1 Å². The fourth-order valence-electron chi connectivity index (χ4n) is 2.96. The van der Waals surface area contributed by atoms with Crippen LogP contribution in [0.5, 0.6) is 0 Å². The number of hydrogen-bond donors (Lipinski definition) is 3. The summed E-state index contributed by atoms with van der Waals surface area (Å²) >= 11 is 0. The van der Waals surface area contributed by atoms with Crippen LogP contribution in [0.15, 0.2) is 85.5 Å². The smallest absolute Gasteiger partial charge is 0.255 e. The molecule has 0 atom stereocenters. The molecule has 0 saturated heterocycles. The number of nitrogens with one attached hydrogen (secondary N) is 3. The molecule has 148 valence electrons. The van der Waals surface area contributed by atoms with E-state index in [2.05, 4.69) is 25.9 Å². The highest BCUT2D eigenvalue weighted by Crippen LogP contribution is 2.18. The van der Waals surface area contributed by atoms with E-state index in [4.69, 9.17) is 0 Å². The van der Waals surface area contributed by atoms with Gasteiger partial charge in [0, 0.05) is 52.8 Å². The lowest BCUT2D eigenvalue weighted by atomic mass is 10.1. The van der Waals surface area contributed by atoms with Crippen molar-refractivity contribution in [2.24, 2.45) is 0 Å². The van der Waals surface area contributed by atoms with Crippen LogP contribution >= 0.6 is 0 Å². The van der Waals surface area contributed by atoms with Gasteiger partial charge in [0.15, 0.2) is 0 Å². The molecule has 4 rings (SSSR count). The summed E-state index contributed by atoms with van der Waals surface area (Å²) in [5.41, 5.74) is 2.54. The molecular formula is C23H19N5O2. The third-order valence-electron chi connectivity index (χ3n) is 4.44. The van der Waals surface area contributed by atoms with Crippen molar-refractivity contribution >= 4 is 39.6 Å². The molecule has 7 nitrogen and oxygen atoms in total. The van der Waals surface area contributed by atoms with Gasteiger partial charge in [0.1, 0.15) is 0 Å². The highest BCUT2D eigenvalue weighted by atomic mass is 16.2. The number of amides is 2. The minimum Gasteiger partial charge on any atom is -0.376 e. The first-order valence-electron chi connectivity index (χ1n) is 9.36. The summed E-state index contributed by atoms with van der Waals surface area (Å²) in [6, 6.07) is 18.0. The predicted octanol–water partition coefficient (Wildman–Crippen LogP) is 3.93. The zero-order chi connectivity index (χ0) is 20.8. The van der Waals surface area contributed by atoms with Crippen molar-refractivity contribution in [2.45, 2.75) is 0 Å². The molecule has 0 aliphatic rings. The number of nitrogens with zero attached hydrogens (tertiary/aromatic N) is 2. The molecule has 0 aliphatic carbocycles. The van der Waals surface area contributed by atoms with Gasteiger partial charge in [-0.2, -0.15) is 0 Å². The van der Waals surface area contributed by atoms with Crippen molar-refractivity contribution in [1.82, 2.24) is 9.97 Å². The molecule has 2 heterocycles. The lowest BCUT2D eigenvalue weighted by molar-refractivity contribution is -0.114. The Morgan fingerprint density at radius 2 is 1.57 bits per heavy atom. The Hall–Kier alpha value is -4.26. The molecule has 0 fully saturated rings. The van der Waals surface area contributed by atoms with E-state index in [9.17, 15) is 9.59 Å². The molecule has 0 bridgehead atoms. The van der Waals surface area contributed by atoms with Crippen molar-refractivity contribution in [1.29, 1.82) is 0 Å². The fourth-order valence-corrected chi connectivity index (χ4v) is 2.96. The van der Waals surface area contributed by atoms with Crippen molar-refractivity contribution < 1.29 is 9.59 Å². The van der Waals surface area contributed by atoms with Crippen LogP contribution < -0.4 is 16.0 Å². The van der Waals surface area contributed by atoms with Gasteiger partial charge in [-0.25, -0.2) is 0 Å². The standard InChI is InChI=1S/C23H19N5O2/c29-22(27-21-5-4-18-14-25-9-6-16(18)12-21)15-26-20-3-1-2-17(13-20)23(30)28-19-7-10-24-11-8-19/h1-14,26H,15H2,(H,27,29)(H,24,28,30). The van der Waals surface area contributed by atoms with Crippen molar-refractivity contribution in [3.05, 3.63) is 91.0 Å². The summed E-state index contributed by atoms with van der Waals surface area (Å²) in [5.74, 6) is -0.421. The average Bonchev–Trinajstić information content (AvgIpc) is 2.78. The zero-order valence-electron chi connectivity index (χ0n) is 16.0. The zero-order valence-corrected chi connectivity index (χ0v) is 16.0. The first-order valence-corrected chi connectivity index (χ1v) is 9.36. The van der Waals surface area contributed by atoms with Crippen LogP contribution in [0.4, 0.5) is 17.1 Å². The van der Waals surface area contributed by atoms with Crippen molar-refractivity contribution in [3.63, 3.8) is 0 Å². The number of fused-ring (bicyclic) bond motifs is 1. The van der Waals surface area contributed by atoms with E-state index in [1.54, 1.807) is 61.2 Å². The molecule has 0 unspecified atom stereocenters. The number of pyridine rings is 2. The Morgan fingerprint density at radius 1 is 0.733 bits per heavy atom. The van der Waals surface area contributed by atoms with Gasteiger partial charge >= 0.3 is 0 Å². The number of hydrogen-bond acceptors (Lipinski definition) is 5. The van der Waals surface area contributed by atoms with Gasteiger partial charge in [0.05, 0.1) is 6.54 Å². The second-order valence-corrected chi connectivity index (χ2v) is 6.61. The molecule has 2 amide bonds. The summed E-state index contributed by atoms with van der Waals surface area (Å²) in [4.78, 5) is 32.7. The van der Waals surface area contributed by atoms with E-state index < -0.39 is 0 Å². The van der Waals surface area contributed by atoms with Crippen LogP contribution in [-0.4, -0.2) is 28.3 Å². The van der Waals surface area contributed by atoms with Gasteiger partial charge in [-0.3, -0.25) is 19.6 Å². The molecule has 2 aromatic carbocycles. The third kappa shape index (κ3) is 4.77. The summed E-state index contributed by atoms with van der Waals surface area (Å²) in [5, 5.41) is 10.7. The number of aromatic nitrogens is 2. The largest absolute Gasteiger partial charge is 0.376 e. The number of benzene rings is 2. The molecule has 3 N–H and O–H groups in total. The highest BCUT2D eigenvalue weighted by Gasteiger charge is 2.08. The maximum Gasteiger partial charge on any atom is 0.255 e. The van der Waals surface area contributed by atoms with Crippen LogP contribution in [0, 0.1) is 0 Å². The van der Waals surface area contributed by atoms with Crippen LogP contribution in [0.1, 0.15) is 10.4 Å². The van der Waals surface area contributed by atoms with Gasteiger partial charge in [0.2, 0.25) is 5.91 Å². The Kier molecular flexibility index (Phi) is 5.61. The minimum atomic E-state index is -0.236. The highest BCUT2D eigenvalue weighted by molar-refractivity contribution is 6.05. The Balaban J connectivity index is 1.35. The molecule has 7 heteroatoms. The maximum atomic E-state index is 12.4. The SMILES string of the molecule is O=C(CNc1cccc(C(=O)Nc2ccncc2)c1)Nc1ccc2cnccc2c1. The lowest BCUT2D eigenvalue weighted by Crippen LogP contribution is -2.22. The van der Waals surface area contributed by atoms with E-state index in [0.717, 1.165) is 10.8 Å². The first-order chi connectivity index (χ1) is 14.7. The normalized spacial score (nSPS) is 10.4. The van der Waals surface area contributed by atoms with Crippen LogP contribution in [0.3, 0.4) is 0 Å². The Morgan fingerprint density at radius 3 is 2.43 bits per heavy atom. The Bertz CT molecular complexity index is 1190. The quantitative estimate of drug-likeness (QED) is 0.458. The van der Waals surface area contributed by atoms with Crippen molar-refractivity contribution in [2.75, 3.05) is 22.5 Å². The summed E-state index contributed by atoms with van der Waals surface area (Å²) in [6.45, 7) is 0.0732. The average molecular weight is 397 g/mol. The monoisotopic (exact) mass is 397 g/mol. The lowest BCUT2D eigenvalue weighted by Gasteiger charge is -2.10. The summed E-state index contributed by atoms with van der Waals surface area (Å²) in [7, 11) is 0. The van der Waals surface area contributed by atoms with Crippen LogP contribution in [0.2, 0.25) is 0 Å². The summed E-state index contributed by atoms with van der Waals surface area (Å²) < 4.78 is 0. The van der Waals surface area contributed by atoms with E-state index in [1.165, 1.54) is 0 Å². The van der Waals surface area contributed by atoms with E-state index in [1.807, 2.05) is 24.3 Å². The van der Waals surface area contributed by atoms with Crippen LogP contribution in [-0.2, 0) is 4.79 Å². The van der Waals surface area contributed by atoms with Gasteiger partial charge in [-0.05, 0) is 53.9 Å². The van der Waals surface area contributed by atoms with Crippen LogP contribution in [0.25, 0.3) is 10.8 Å². The van der Waals surface area contributed by atoms with Gasteiger partial charge < -0.3 is 16.0 Å². The molecule has 4 aromatic rings. The molecule has 30 heavy (non-hydrogen) atoms. The number of rotatable bonds is 6. The topological polar surface area (TPSA) is 96.0 Å². The molecule has 0 saturated carbocycles. The first kappa shape index (κ1) is 19.1. The molecular weight excluding hydrogens is 378 g/mol. The molecule has 0 radical (unpaired) electrons. The Labute approximate surface area is 173 Å². The van der Waals surface area contributed by atoms with Crippen molar-refractivity contribution in [3.8, 4) is 0 Å². The second-order valence-electron chi connectivity index (χ2n) is 6.61. The maximum absolute atomic E-state index is 12.4. The minimum absolute atomic E-state index is 0.0732.